The summed E-state index contributed by atoms with van der Waals surface area (Å²) in [6.45, 7) is 38.5. The van der Waals surface area contributed by atoms with E-state index in [-0.39, 0.29) is 50.4 Å². The van der Waals surface area contributed by atoms with Gasteiger partial charge in [-0.3, -0.25) is 58.3 Å². The van der Waals surface area contributed by atoms with Crippen LogP contribution in [-0.4, -0.2) is 225 Å². The van der Waals surface area contributed by atoms with Crippen LogP contribution in [0.4, 0.5) is 33.6 Å². The molecule has 0 spiro atoms. The van der Waals surface area contributed by atoms with Crippen LogP contribution < -0.4 is 87.6 Å². The average Bonchev–Trinajstić information content (AvgIpc) is 0.925. The minimum Gasteiger partial charge on any atom is -0.469 e. The third-order valence-electron chi connectivity index (χ3n) is 12.4. The summed E-state index contributed by atoms with van der Waals surface area (Å²) >= 11 is 0. The van der Waals surface area contributed by atoms with Crippen molar-refractivity contribution in [3.8, 4) is 0 Å². The standard InChI is InChI=1S/C17H33N5O5.C13H26N2O3.C11H21N3O4.C11H20N2O5.C10H19N3O4.C10H18N2O5/c1-16(2,3)26-14(24)21-11(12(18)23)9-8-10-20-13(19-7)22-15(25)27-17(4,5)6;1-5-6-7-8-9-10(11(14)16)15-12(17)18-13(2,3)4;1-11(2,3)18-10(17)14-7(9(12)16)5-6-8(15)13-4;1-11(2,3)18-10(16)13-7(9(12)15)5-6-8(14)17-4;1-10(2,3)17-9(16)13-6(8(11)15)5-7(14)12-4;1-10(2,3)17-9(15)12-6(8(11)14)5-7(13)16-4/h11H,8-10H2,1-7H3,(H2,18,23)(H,21,24)(H2,19,20,22,25);10H,5-9H2,1-4H3,(H2,14,16)(H,15,17);7H,5-6H2,1-4H3,(H2,12,16)(H,13,15)(H,14,17);7H,5-6H2,1-4H3,(H2,12,15)(H,13,16);6H,5H2,1-4H3,(H2,11,15)(H,12,14)(H,13,16);6H,5H2,1-4H3,(H2,11,14)(H,12,15). The quantitative estimate of drug-likeness (QED) is 0.0156. The van der Waals surface area contributed by atoms with Crippen molar-refractivity contribution in [2.75, 3.05) is 41.9 Å². The number of alkyl carbamates (subject to hydrolysis) is 7. The van der Waals surface area contributed by atoms with Crippen molar-refractivity contribution in [2.45, 2.75) is 311 Å². The SMILES string of the molecule is CCCCCCC(NC(=O)OC(C)(C)C)C(N)=O.CN=C(NCCCC(NC(=O)OC(C)(C)C)C(N)=O)NC(=O)OC(C)(C)C.CNC(=O)CC(NC(=O)OC(C)(C)C)C(N)=O.CNC(=O)CCC(NC(=O)OC(C)(C)C)C(N)=O.COC(=O)CC(NC(=O)OC(C)(C)C)C(N)=O.COC(=O)CCC(NC(=O)OC(C)(C)C)C(N)=O. The molecule has 0 rings (SSSR count). The predicted molar refractivity (Wildman–Crippen MR) is 423 cm³/mol. The predicted octanol–water partition coefficient (Wildman–Crippen LogP) is 3.22. The van der Waals surface area contributed by atoms with Gasteiger partial charge in [-0.2, -0.15) is 0 Å². The Kier molecular flexibility index (Phi) is 57.1. The van der Waals surface area contributed by atoms with E-state index in [1.54, 1.807) is 145 Å². The minimum absolute atomic E-state index is 0.0140. The first-order chi connectivity index (χ1) is 52.1. The molecule has 0 fully saturated rings. The fourth-order valence-electron chi connectivity index (χ4n) is 7.46. The zero-order valence-corrected chi connectivity index (χ0v) is 72.4. The first kappa shape index (κ1) is 115. The zero-order chi connectivity index (χ0) is 91.4. The highest BCUT2D eigenvalue weighted by Gasteiger charge is 2.30. The number of ether oxygens (including phenoxy) is 9. The number of carbonyl (C=O) groups is 17. The van der Waals surface area contributed by atoms with E-state index in [4.69, 9.17) is 67.6 Å². The topological polar surface area (TPSA) is 662 Å². The number of primary amides is 6. The molecule has 0 aromatic heterocycles. The van der Waals surface area contributed by atoms with Gasteiger partial charge in [0.1, 0.15) is 75.5 Å². The molecule has 0 saturated carbocycles. The van der Waals surface area contributed by atoms with Crippen molar-refractivity contribution in [3.05, 3.63) is 0 Å². The van der Waals surface area contributed by atoms with E-state index in [9.17, 15) is 81.5 Å². The van der Waals surface area contributed by atoms with Gasteiger partial charge in [-0.15, -0.1) is 0 Å². The summed E-state index contributed by atoms with van der Waals surface area (Å²) in [5.74, 6) is -5.75. The van der Waals surface area contributed by atoms with Gasteiger partial charge in [0.2, 0.25) is 53.2 Å². The van der Waals surface area contributed by atoms with E-state index in [2.05, 4.69) is 74.6 Å². The molecular weight excluding hydrogens is 1520 g/mol. The number of rotatable bonds is 31. The maximum Gasteiger partial charge on any atom is 0.414 e. The number of esters is 2. The summed E-state index contributed by atoms with van der Waals surface area (Å²) in [5.41, 5.74) is 26.3. The highest BCUT2D eigenvalue weighted by atomic mass is 16.6. The maximum absolute atomic E-state index is 11.8. The summed E-state index contributed by atoms with van der Waals surface area (Å²) in [6, 6.07) is -5.60. The van der Waals surface area contributed by atoms with Gasteiger partial charge in [0.15, 0.2) is 0 Å². The normalized spacial score (nSPS) is 12.7. The summed E-state index contributed by atoms with van der Waals surface area (Å²) < 4.78 is 44.0. The van der Waals surface area contributed by atoms with Crippen LogP contribution >= 0.6 is 0 Å². The fraction of sp³-hybridized carbons (Fsp3) is 0.750. The van der Waals surface area contributed by atoms with E-state index in [0.717, 1.165) is 25.7 Å². The van der Waals surface area contributed by atoms with E-state index in [1.165, 1.54) is 35.4 Å². The number of nitrogens with one attached hydrogen (secondary N) is 10. The number of nitrogens with zero attached hydrogens (tertiary/aromatic N) is 1. The molecule has 0 aromatic rings. The van der Waals surface area contributed by atoms with Gasteiger partial charge in [-0.25, -0.2) is 33.6 Å². The summed E-state index contributed by atoms with van der Waals surface area (Å²) in [7, 11) is 6.84. The molecule has 6 atom stereocenters. The molecule has 0 aliphatic heterocycles. The second kappa shape index (κ2) is 57.1. The Balaban J connectivity index is -0.000000313. The Labute approximate surface area is 675 Å². The van der Waals surface area contributed by atoms with Crippen molar-refractivity contribution in [3.63, 3.8) is 0 Å². The third-order valence-corrected chi connectivity index (χ3v) is 12.4. The molecule has 0 heterocycles. The number of guanidine groups is 1. The molecule has 15 amide bonds. The Bertz CT molecular complexity index is 3000. The summed E-state index contributed by atoms with van der Waals surface area (Å²) in [5, 5.41) is 24.2. The lowest BCUT2D eigenvalue weighted by molar-refractivity contribution is -0.143. The maximum atomic E-state index is 11.8. The highest BCUT2D eigenvalue weighted by molar-refractivity contribution is 5.94. The van der Waals surface area contributed by atoms with E-state index < -0.39 is 171 Å². The van der Waals surface area contributed by atoms with Crippen molar-refractivity contribution in [1.82, 2.24) is 53.2 Å². The van der Waals surface area contributed by atoms with Gasteiger partial charge < -0.3 is 125 Å². The average molecular weight is 1660 g/mol. The lowest BCUT2D eigenvalue weighted by atomic mass is 10.1. The van der Waals surface area contributed by atoms with E-state index in [1.807, 2.05) is 0 Å². The molecule has 22 N–H and O–H groups in total. The molecule has 0 aliphatic carbocycles. The molecular formula is C72H137N17O26. The Morgan fingerprint density at radius 2 is 0.583 bits per heavy atom. The van der Waals surface area contributed by atoms with Crippen LogP contribution in [0.1, 0.15) is 236 Å². The molecule has 6 unspecified atom stereocenters. The van der Waals surface area contributed by atoms with Crippen molar-refractivity contribution >= 4 is 108 Å². The number of nitrogens with two attached hydrogens (primary N) is 6. The monoisotopic (exact) mass is 1660 g/mol. The van der Waals surface area contributed by atoms with Crippen molar-refractivity contribution in [1.29, 1.82) is 0 Å². The van der Waals surface area contributed by atoms with Gasteiger partial charge in [-0.05, 0) is 178 Å². The van der Waals surface area contributed by atoms with Crippen molar-refractivity contribution < 1.29 is 124 Å². The number of aliphatic imine (C=N–C) groups is 1. The molecule has 0 saturated heterocycles. The number of hydrogen-bond donors (Lipinski definition) is 16. The molecule has 0 aliphatic rings. The lowest BCUT2D eigenvalue weighted by Gasteiger charge is -2.22. The lowest BCUT2D eigenvalue weighted by Crippen LogP contribution is -2.48. The van der Waals surface area contributed by atoms with Crippen LogP contribution in [0.5, 0.6) is 0 Å². The van der Waals surface area contributed by atoms with Gasteiger partial charge in [0.25, 0.3) is 0 Å². The number of unbranched alkanes of at least 4 members (excludes halogenated alkanes) is 3. The number of amides is 15. The van der Waals surface area contributed by atoms with E-state index in [0.29, 0.717) is 25.8 Å². The van der Waals surface area contributed by atoms with Crippen LogP contribution in [0.3, 0.4) is 0 Å². The summed E-state index contributed by atoms with van der Waals surface area (Å²) in [6.07, 6.45) is 0.228. The summed E-state index contributed by atoms with van der Waals surface area (Å²) in [4.78, 5) is 195. The van der Waals surface area contributed by atoms with Crippen LogP contribution in [0.15, 0.2) is 4.99 Å². The molecule has 0 aromatic carbocycles. The van der Waals surface area contributed by atoms with Gasteiger partial charge in [-0.1, -0.05) is 32.6 Å². The molecule has 115 heavy (non-hydrogen) atoms. The Hall–Kier alpha value is -10.9. The Morgan fingerprint density at radius 1 is 0.322 bits per heavy atom. The highest BCUT2D eigenvalue weighted by Crippen LogP contribution is 2.15. The van der Waals surface area contributed by atoms with Crippen LogP contribution in [-0.2, 0) is 90.6 Å². The minimum atomic E-state index is -1.14. The fourth-order valence-corrected chi connectivity index (χ4v) is 7.46. The van der Waals surface area contributed by atoms with Crippen molar-refractivity contribution in [2.24, 2.45) is 39.4 Å². The molecule has 0 radical (unpaired) electrons. The smallest absolute Gasteiger partial charge is 0.414 e. The number of methoxy groups -OCH3 is 2. The second-order valence-corrected chi connectivity index (χ2v) is 31.7. The van der Waals surface area contributed by atoms with Crippen LogP contribution in [0.25, 0.3) is 0 Å². The van der Waals surface area contributed by atoms with Gasteiger partial charge in [0.05, 0.1) is 27.1 Å². The van der Waals surface area contributed by atoms with Crippen LogP contribution in [0.2, 0.25) is 0 Å². The van der Waals surface area contributed by atoms with E-state index >= 15 is 0 Å². The molecule has 43 nitrogen and oxygen atoms in total. The Morgan fingerprint density at radius 3 is 0.843 bits per heavy atom. The first-order valence-electron chi connectivity index (χ1n) is 36.6. The van der Waals surface area contributed by atoms with Crippen LogP contribution in [0, 0.1) is 0 Å². The first-order valence-corrected chi connectivity index (χ1v) is 36.6. The largest absolute Gasteiger partial charge is 0.469 e. The molecule has 43 heteroatoms. The van der Waals surface area contributed by atoms with Gasteiger partial charge in [0, 0.05) is 40.5 Å². The second-order valence-electron chi connectivity index (χ2n) is 31.7. The number of carbonyl (C=O) groups excluding carboxylic acids is 17. The number of hydrogen-bond acceptors (Lipinski definition) is 27. The molecule has 0 bridgehead atoms. The molecule has 666 valence electrons. The third kappa shape index (κ3) is 76.8. The zero-order valence-electron chi connectivity index (χ0n) is 72.4. The van der Waals surface area contributed by atoms with Gasteiger partial charge >= 0.3 is 54.6 Å².